The maximum absolute atomic E-state index is 12.3. The van der Waals surface area contributed by atoms with E-state index < -0.39 is 0 Å². The van der Waals surface area contributed by atoms with E-state index in [2.05, 4.69) is 5.32 Å². The highest BCUT2D eigenvalue weighted by atomic mass is 35.5. The highest BCUT2D eigenvalue weighted by molar-refractivity contribution is 6.36. The standard InChI is InChI=1S/C15H16ClN3O/c1-19(2)13-9-4-3-8-12(13)18-15(20)10-6-5-7-11(17)14(10)16/h3-9H,17H2,1-2H3,(H,18,20). The average Bonchev–Trinajstić information content (AvgIpc) is 2.42. The van der Waals surface area contributed by atoms with Crippen LogP contribution in [0.1, 0.15) is 10.4 Å². The van der Waals surface area contributed by atoms with E-state index in [1.165, 1.54) is 0 Å². The summed E-state index contributed by atoms with van der Waals surface area (Å²) in [5.41, 5.74) is 8.10. The van der Waals surface area contributed by atoms with Gasteiger partial charge in [-0.1, -0.05) is 29.8 Å². The third kappa shape index (κ3) is 2.86. The second-order valence-electron chi connectivity index (χ2n) is 4.57. The molecule has 3 N–H and O–H groups in total. The zero-order valence-corrected chi connectivity index (χ0v) is 12.1. The topological polar surface area (TPSA) is 58.4 Å². The summed E-state index contributed by atoms with van der Waals surface area (Å²) in [6.45, 7) is 0. The van der Waals surface area contributed by atoms with E-state index in [0.29, 0.717) is 11.3 Å². The molecule has 0 atom stereocenters. The van der Waals surface area contributed by atoms with Gasteiger partial charge >= 0.3 is 0 Å². The fourth-order valence-electron chi connectivity index (χ4n) is 1.88. The minimum atomic E-state index is -0.281. The number of nitrogens with one attached hydrogen (secondary N) is 1. The second kappa shape index (κ2) is 5.84. The summed E-state index contributed by atoms with van der Waals surface area (Å²) in [4.78, 5) is 14.2. The van der Waals surface area contributed by atoms with Crippen LogP contribution in [-0.4, -0.2) is 20.0 Å². The Morgan fingerprint density at radius 2 is 1.85 bits per heavy atom. The van der Waals surface area contributed by atoms with Crippen molar-refractivity contribution in [3.8, 4) is 0 Å². The summed E-state index contributed by atoms with van der Waals surface area (Å²) < 4.78 is 0. The lowest BCUT2D eigenvalue weighted by molar-refractivity contribution is 0.102. The molecule has 2 rings (SSSR count). The van der Waals surface area contributed by atoms with Crippen molar-refractivity contribution in [3.63, 3.8) is 0 Å². The molecule has 0 fully saturated rings. The van der Waals surface area contributed by atoms with Gasteiger partial charge in [-0.15, -0.1) is 0 Å². The second-order valence-corrected chi connectivity index (χ2v) is 4.95. The SMILES string of the molecule is CN(C)c1ccccc1NC(=O)c1cccc(N)c1Cl. The molecule has 0 aromatic heterocycles. The molecule has 0 saturated carbocycles. The number of hydrogen-bond acceptors (Lipinski definition) is 3. The summed E-state index contributed by atoms with van der Waals surface area (Å²) >= 11 is 6.06. The molecule has 104 valence electrons. The third-order valence-electron chi connectivity index (χ3n) is 2.91. The van der Waals surface area contributed by atoms with Crippen LogP contribution in [0, 0.1) is 0 Å². The first-order valence-corrected chi connectivity index (χ1v) is 6.50. The predicted molar refractivity (Wildman–Crippen MR) is 84.6 cm³/mol. The summed E-state index contributed by atoms with van der Waals surface area (Å²) in [5.74, 6) is -0.281. The molecule has 2 aromatic carbocycles. The first kappa shape index (κ1) is 14.2. The van der Waals surface area contributed by atoms with Gasteiger partial charge in [0.2, 0.25) is 0 Å². The number of rotatable bonds is 3. The Balaban J connectivity index is 2.31. The fourth-order valence-corrected chi connectivity index (χ4v) is 2.10. The van der Waals surface area contributed by atoms with Crippen molar-refractivity contribution in [1.29, 1.82) is 0 Å². The number of para-hydroxylation sites is 2. The number of amides is 1. The van der Waals surface area contributed by atoms with E-state index in [1.54, 1.807) is 18.2 Å². The molecule has 1 amide bonds. The maximum Gasteiger partial charge on any atom is 0.257 e. The van der Waals surface area contributed by atoms with Gasteiger partial charge in [0.25, 0.3) is 5.91 Å². The van der Waals surface area contributed by atoms with Crippen molar-refractivity contribution in [2.45, 2.75) is 0 Å². The zero-order chi connectivity index (χ0) is 14.7. The van der Waals surface area contributed by atoms with E-state index >= 15 is 0 Å². The lowest BCUT2D eigenvalue weighted by Gasteiger charge is -2.18. The van der Waals surface area contributed by atoms with E-state index in [4.69, 9.17) is 17.3 Å². The van der Waals surface area contributed by atoms with Crippen molar-refractivity contribution in [2.75, 3.05) is 30.0 Å². The number of nitrogen functional groups attached to an aromatic ring is 1. The summed E-state index contributed by atoms with van der Waals surface area (Å²) in [7, 11) is 3.83. The summed E-state index contributed by atoms with van der Waals surface area (Å²) in [6.07, 6.45) is 0. The average molecular weight is 290 g/mol. The highest BCUT2D eigenvalue weighted by Gasteiger charge is 2.14. The number of hydrogen-bond donors (Lipinski definition) is 2. The van der Waals surface area contributed by atoms with Gasteiger partial charge in [0.05, 0.1) is 27.6 Å². The molecule has 20 heavy (non-hydrogen) atoms. The van der Waals surface area contributed by atoms with Gasteiger partial charge in [-0.05, 0) is 24.3 Å². The fraction of sp³-hybridized carbons (Fsp3) is 0.133. The molecular weight excluding hydrogens is 274 g/mol. The number of halogens is 1. The minimum Gasteiger partial charge on any atom is -0.398 e. The Morgan fingerprint density at radius 1 is 1.15 bits per heavy atom. The van der Waals surface area contributed by atoms with Gasteiger partial charge in [0.1, 0.15) is 0 Å². The van der Waals surface area contributed by atoms with Crippen molar-refractivity contribution in [3.05, 3.63) is 53.1 Å². The predicted octanol–water partition coefficient (Wildman–Crippen LogP) is 3.24. The molecule has 0 bridgehead atoms. The zero-order valence-electron chi connectivity index (χ0n) is 11.4. The largest absolute Gasteiger partial charge is 0.398 e. The molecule has 0 aliphatic carbocycles. The molecule has 0 saturated heterocycles. The van der Waals surface area contributed by atoms with Crippen LogP contribution in [0.5, 0.6) is 0 Å². The van der Waals surface area contributed by atoms with Crippen LogP contribution in [0.2, 0.25) is 5.02 Å². The van der Waals surface area contributed by atoms with Crippen LogP contribution in [0.25, 0.3) is 0 Å². The number of benzene rings is 2. The van der Waals surface area contributed by atoms with Crippen LogP contribution < -0.4 is 16.0 Å². The molecule has 0 aliphatic rings. The Bertz CT molecular complexity index is 641. The van der Waals surface area contributed by atoms with Crippen molar-refractivity contribution < 1.29 is 4.79 Å². The third-order valence-corrected chi connectivity index (χ3v) is 3.33. The monoisotopic (exact) mass is 289 g/mol. The molecular formula is C15H16ClN3O. The number of carbonyl (C=O) groups excluding carboxylic acids is 1. The van der Waals surface area contributed by atoms with Gasteiger partial charge in [0, 0.05) is 14.1 Å². The van der Waals surface area contributed by atoms with Gasteiger partial charge in [-0.2, -0.15) is 0 Å². The Labute approximate surface area is 123 Å². The molecule has 4 nitrogen and oxygen atoms in total. The molecule has 5 heteroatoms. The van der Waals surface area contributed by atoms with E-state index in [1.807, 2.05) is 43.3 Å². The van der Waals surface area contributed by atoms with Gasteiger partial charge < -0.3 is 16.0 Å². The smallest absolute Gasteiger partial charge is 0.257 e. The number of anilines is 3. The van der Waals surface area contributed by atoms with Gasteiger partial charge in [0.15, 0.2) is 0 Å². The van der Waals surface area contributed by atoms with Gasteiger partial charge in [-0.3, -0.25) is 4.79 Å². The van der Waals surface area contributed by atoms with Crippen molar-refractivity contribution in [2.24, 2.45) is 0 Å². The minimum absolute atomic E-state index is 0.271. The van der Waals surface area contributed by atoms with Crippen molar-refractivity contribution in [1.82, 2.24) is 0 Å². The summed E-state index contributed by atoms with van der Waals surface area (Å²) in [6, 6.07) is 12.6. The number of nitrogens with zero attached hydrogens (tertiary/aromatic N) is 1. The normalized spacial score (nSPS) is 10.2. The van der Waals surface area contributed by atoms with E-state index in [0.717, 1.165) is 11.4 Å². The lowest BCUT2D eigenvalue weighted by Crippen LogP contribution is -2.17. The summed E-state index contributed by atoms with van der Waals surface area (Å²) in [5, 5.41) is 3.13. The lowest BCUT2D eigenvalue weighted by atomic mass is 10.1. The van der Waals surface area contributed by atoms with Crippen LogP contribution in [0.3, 0.4) is 0 Å². The molecule has 2 aromatic rings. The quantitative estimate of drug-likeness (QED) is 0.853. The maximum atomic E-state index is 12.3. The Morgan fingerprint density at radius 3 is 2.55 bits per heavy atom. The molecule has 0 heterocycles. The molecule has 0 radical (unpaired) electrons. The van der Waals surface area contributed by atoms with E-state index in [-0.39, 0.29) is 10.9 Å². The Hall–Kier alpha value is -2.20. The van der Waals surface area contributed by atoms with Crippen molar-refractivity contribution >= 4 is 34.6 Å². The first-order valence-electron chi connectivity index (χ1n) is 6.12. The molecule has 0 unspecified atom stereocenters. The van der Waals surface area contributed by atoms with E-state index in [9.17, 15) is 4.79 Å². The Kier molecular flexibility index (Phi) is 4.15. The first-order chi connectivity index (χ1) is 9.50. The highest BCUT2D eigenvalue weighted by Crippen LogP contribution is 2.27. The van der Waals surface area contributed by atoms with Gasteiger partial charge in [-0.25, -0.2) is 0 Å². The van der Waals surface area contributed by atoms with Crippen LogP contribution >= 0.6 is 11.6 Å². The number of carbonyl (C=O) groups is 1. The molecule has 0 spiro atoms. The molecule has 0 aliphatic heterocycles. The van der Waals surface area contributed by atoms with Crippen LogP contribution in [0.15, 0.2) is 42.5 Å². The number of nitrogens with two attached hydrogens (primary N) is 1. The van der Waals surface area contributed by atoms with Crippen LogP contribution in [0.4, 0.5) is 17.1 Å². The van der Waals surface area contributed by atoms with Crippen LogP contribution in [-0.2, 0) is 0 Å².